The number of carbonyl (C=O) groups is 1. The fourth-order valence-corrected chi connectivity index (χ4v) is 2.14. The summed E-state index contributed by atoms with van der Waals surface area (Å²) in [6.07, 6.45) is 1.33. The number of hydrogen-bond donors (Lipinski definition) is 3. The molecule has 7 nitrogen and oxygen atoms in total. The topological polar surface area (TPSA) is 125 Å². The molecule has 0 aliphatic heterocycles. The number of rotatable bonds is 5. The number of nitrogens with one attached hydrogen (secondary N) is 2. The summed E-state index contributed by atoms with van der Waals surface area (Å²) in [5.74, 6) is -0.461. The van der Waals surface area contributed by atoms with Crippen molar-refractivity contribution in [1.82, 2.24) is 10.6 Å². The zero-order chi connectivity index (χ0) is 17.7. The molecule has 0 saturated carbocycles. The van der Waals surface area contributed by atoms with Crippen LogP contribution in [0, 0.1) is 11.3 Å². The summed E-state index contributed by atoms with van der Waals surface area (Å²) in [6, 6.07) is 7.82. The lowest BCUT2D eigenvalue weighted by Gasteiger charge is -2.20. The zero-order valence-electron chi connectivity index (χ0n) is 13.3. The average Bonchev–Trinajstić information content (AvgIpc) is 2.41. The Morgan fingerprint density at radius 1 is 1.30 bits per heavy atom. The molecule has 0 aliphatic rings. The van der Waals surface area contributed by atoms with Crippen LogP contribution in [0.15, 0.2) is 40.9 Å². The molecule has 1 aromatic carbocycles. The Kier molecular flexibility index (Phi) is 5.90. The van der Waals surface area contributed by atoms with Gasteiger partial charge in [-0.3, -0.25) is 4.79 Å². The van der Waals surface area contributed by atoms with Gasteiger partial charge in [0.05, 0.1) is 4.90 Å². The highest BCUT2D eigenvalue weighted by Gasteiger charge is 2.16. The molecule has 4 N–H and O–H groups in total. The van der Waals surface area contributed by atoms with E-state index in [1.165, 1.54) is 18.3 Å². The first kappa shape index (κ1) is 18.7. The van der Waals surface area contributed by atoms with Gasteiger partial charge in [0.25, 0.3) is 5.91 Å². The number of sulfonamides is 1. The van der Waals surface area contributed by atoms with Crippen LogP contribution in [0.3, 0.4) is 0 Å². The SMILES string of the molecule is CC(C)(C)NC(=O)/C(C#N)=C\NCc1ccc(S(N)(=O)=O)cc1. The molecular formula is C15H20N4O3S. The minimum atomic E-state index is -3.71. The first-order valence-corrected chi connectivity index (χ1v) is 8.35. The van der Waals surface area contributed by atoms with Crippen molar-refractivity contribution in [2.75, 3.05) is 0 Å². The molecule has 0 heterocycles. The molecule has 0 radical (unpaired) electrons. The maximum atomic E-state index is 11.9. The lowest BCUT2D eigenvalue weighted by Crippen LogP contribution is -2.41. The van der Waals surface area contributed by atoms with Crippen LogP contribution in [0.2, 0.25) is 0 Å². The normalized spacial score (nSPS) is 12.4. The number of amides is 1. The molecule has 0 bridgehead atoms. The van der Waals surface area contributed by atoms with E-state index in [9.17, 15) is 13.2 Å². The minimum absolute atomic E-state index is 0.0269. The van der Waals surface area contributed by atoms with E-state index in [2.05, 4.69) is 10.6 Å². The Balaban J connectivity index is 2.70. The highest BCUT2D eigenvalue weighted by Crippen LogP contribution is 2.08. The summed E-state index contributed by atoms with van der Waals surface area (Å²) in [4.78, 5) is 11.9. The number of hydrogen-bond acceptors (Lipinski definition) is 5. The van der Waals surface area contributed by atoms with Crippen molar-refractivity contribution in [2.45, 2.75) is 37.8 Å². The van der Waals surface area contributed by atoms with Crippen LogP contribution in [-0.2, 0) is 21.4 Å². The van der Waals surface area contributed by atoms with E-state index in [0.717, 1.165) is 5.56 Å². The molecular weight excluding hydrogens is 316 g/mol. The Hall–Kier alpha value is -2.37. The molecule has 0 spiro atoms. The number of nitrogens with two attached hydrogens (primary N) is 1. The van der Waals surface area contributed by atoms with Gasteiger partial charge in [0.1, 0.15) is 11.6 Å². The quantitative estimate of drug-likeness (QED) is 0.540. The molecule has 0 unspecified atom stereocenters. The number of nitrogens with zero attached hydrogens (tertiary/aromatic N) is 1. The highest BCUT2D eigenvalue weighted by molar-refractivity contribution is 7.89. The van der Waals surface area contributed by atoms with Gasteiger partial charge in [0.2, 0.25) is 10.0 Å². The maximum absolute atomic E-state index is 11.9. The monoisotopic (exact) mass is 336 g/mol. The Morgan fingerprint density at radius 3 is 2.30 bits per heavy atom. The third-order valence-electron chi connectivity index (χ3n) is 2.66. The molecule has 0 aromatic heterocycles. The number of nitriles is 1. The van der Waals surface area contributed by atoms with E-state index >= 15 is 0 Å². The van der Waals surface area contributed by atoms with E-state index in [1.54, 1.807) is 12.1 Å². The fourth-order valence-electron chi connectivity index (χ4n) is 1.62. The van der Waals surface area contributed by atoms with Crippen LogP contribution in [-0.4, -0.2) is 19.9 Å². The summed E-state index contributed by atoms with van der Waals surface area (Å²) in [6.45, 7) is 5.79. The van der Waals surface area contributed by atoms with Crippen LogP contribution >= 0.6 is 0 Å². The van der Waals surface area contributed by atoms with Crippen LogP contribution in [0.25, 0.3) is 0 Å². The largest absolute Gasteiger partial charge is 0.386 e. The van der Waals surface area contributed by atoms with Crippen LogP contribution in [0.5, 0.6) is 0 Å². The number of benzene rings is 1. The first-order chi connectivity index (χ1) is 10.5. The third kappa shape index (κ3) is 6.50. The van der Waals surface area contributed by atoms with Gasteiger partial charge in [-0.1, -0.05) is 12.1 Å². The molecule has 0 fully saturated rings. The second kappa shape index (κ2) is 7.26. The van der Waals surface area contributed by atoms with Crippen molar-refractivity contribution >= 4 is 15.9 Å². The van der Waals surface area contributed by atoms with Crippen LogP contribution < -0.4 is 15.8 Å². The van der Waals surface area contributed by atoms with Gasteiger partial charge in [-0.15, -0.1) is 0 Å². The smallest absolute Gasteiger partial charge is 0.263 e. The first-order valence-electron chi connectivity index (χ1n) is 6.81. The lowest BCUT2D eigenvalue weighted by molar-refractivity contribution is -0.118. The van der Waals surface area contributed by atoms with Gasteiger partial charge in [0, 0.05) is 18.3 Å². The molecule has 1 amide bonds. The summed E-state index contributed by atoms with van der Waals surface area (Å²) < 4.78 is 22.3. The van der Waals surface area contributed by atoms with E-state index in [0.29, 0.717) is 6.54 Å². The standard InChI is InChI=1S/C15H20N4O3S/c1-15(2,3)19-14(20)12(8-16)10-18-9-11-4-6-13(7-5-11)23(17,21)22/h4-7,10,18H,9H2,1-3H3,(H,19,20)(H2,17,21,22)/b12-10-. The van der Waals surface area contributed by atoms with Gasteiger partial charge in [-0.25, -0.2) is 13.6 Å². The lowest BCUT2D eigenvalue weighted by atomic mass is 10.1. The molecule has 8 heteroatoms. The predicted molar refractivity (Wildman–Crippen MR) is 86.2 cm³/mol. The third-order valence-corrected chi connectivity index (χ3v) is 3.59. The molecule has 1 rings (SSSR count). The predicted octanol–water partition coefficient (Wildman–Crippen LogP) is 0.746. The summed E-state index contributed by atoms with van der Waals surface area (Å²) >= 11 is 0. The Labute approximate surface area is 136 Å². The van der Waals surface area contributed by atoms with Gasteiger partial charge < -0.3 is 10.6 Å². The second-order valence-corrected chi connectivity index (χ2v) is 7.51. The van der Waals surface area contributed by atoms with Crippen molar-refractivity contribution in [1.29, 1.82) is 5.26 Å². The van der Waals surface area contributed by atoms with Crippen molar-refractivity contribution in [3.8, 4) is 6.07 Å². The average molecular weight is 336 g/mol. The molecule has 0 saturated heterocycles. The summed E-state index contributed by atoms with van der Waals surface area (Å²) in [7, 11) is -3.71. The van der Waals surface area contributed by atoms with E-state index in [-0.39, 0.29) is 10.5 Å². The van der Waals surface area contributed by atoms with Crippen molar-refractivity contribution in [2.24, 2.45) is 5.14 Å². The Bertz CT molecular complexity index is 738. The maximum Gasteiger partial charge on any atom is 0.263 e. The van der Waals surface area contributed by atoms with Crippen molar-refractivity contribution in [3.05, 3.63) is 41.6 Å². The van der Waals surface area contributed by atoms with Gasteiger partial charge in [-0.2, -0.15) is 5.26 Å². The molecule has 124 valence electrons. The highest BCUT2D eigenvalue weighted by atomic mass is 32.2. The van der Waals surface area contributed by atoms with E-state index in [4.69, 9.17) is 10.4 Å². The second-order valence-electron chi connectivity index (χ2n) is 5.94. The van der Waals surface area contributed by atoms with Gasteiger partial charge in [-0.05, 0) is 38.5 Å². The summed E-state index contributed by atoms with van der Waals surface area (Å²) in [5, 5.41) is 19.6. The van der Waals surface area contributed by atoms with E-state index in [1.807, 2.05) is 26.8 Å². The fraction of sp³-hybridized carbons (Fsp3) is 0.333. The van der Waals surface area contributed by atoms with Crippen molar-refractivity contribution in [3.63, 3.8) is 0 Å². The number of carbonyl (C=O) groups excluding carboxylic acids is 1. The van der Waals surface area contributed by atoms with Crippen molar-refractivity contribution < 1.29 is 13.2 Å². The van der Waals surface area contributed by atoms with Crippen LogP contribution in [0.1, 0.15) is 26.3 Å². The molecule has 1 aromatic rings. The zero-order valence-corrected chi connectivity index (χ0v) is 14.1. The van der Waals surface area contributed by atoms with Gasteiger partial charge >= 0.3 is 0 Å². The van der Waals surface area contributed by atoms with E-state index < -0.39 is 21.5 Å². The molecule has 0 aliphatic carbocycles. The van der Waals surface area contributed by atoms with Gasteiger partial charge in [0.15, 0.2) is 0 Å². The minimum Gasteiger partial charge on any atom is -0.386 e. The molecule has 23 heavy (non-hydrogen) atoms. The Morgan fingerprint density at radius 2 is 1.87 bits per heavy atom. The van der Waals surface area contributed by atoms with Crippen LogP contribution in [0.4, 0.5) is 0 Å². The summed E-state index contributed by atoms with van der Waals surface area (Å²) in [5.41, 5.74) is 0.305. The number of primary sulfonamides is 1. The molecule has 0 atom stereocenters.